The van der Waals surface area contributed by atoms with Gasteiger partial charge in [0.2, 0.25) is 0 Å². The third-order valence-corrected chi connectivity index (χ3v) is 4.23. The molecule has 5 heteroatoms. The molecule has 1 heterocycles. The smallest absolute Gasteiger partial charge is 0.256 e. The van der Waals surface area contributed by atoms with Gasteiger partial charge >= 0.3 is 0 Å². The Morgan fingerprint density at radius 2 is 1.73 bits per heavy atom. The van der Waals surface area contributed by atoms with Gasteiger partial charge in [0, 0.05) is 17.1 Å². The Balaban J connectivity index is 1.50. The van der Waals surface area contributed by atoms with Crippen LogP contribution in [-0.4, -0.2) is 17.4 Å². The highest BCUT2D eigenvalue weighted by molar-refractivity contribution is 6.30. The van der Waals surface area contributed by atoms with E-state index in [2.05, 4.69) is 15.6 Å². The van der Waals surface area contributed by atoms with Crippen molar-refractivity contribution in [1.29, 1.82) is 0 Å². The molecular weight excluding hydrogens is 346 g/mol. The number of benzene rings is 2. The molecule has 0 aliphatic rings. The molecule has 0 aliphatic heterocycles. The van der Waals surface area contributed by atoms with Crippen LogP contribution in [0.3, 0.4) is 0 Å². The van der Waals surface area contributed by atoms with Gasteiger partial charge in [0.15, 0.2) is 0 Å². The molecular formula is C21H20ClN3O. The van der Waals surface area contributed by atoms with Crippen LogP contribution in [0.15, 0.2) is 66.9 Å². The van der Waals surface area contributed by atoms with E-state index in [1.54, 1.807) is 24.4 Å². The average molecular weight is 366 g/mol. The fourth-order valence-electron chi connectivity index (χ4n) is 2.47. The summed E-state index contributed by atoms with van der Waals surface area (Å²) in [5, 5.41) is 6.86. The van der Waals surface area contributed by atoms with E-state index in [4.69, 9.17) is 11.6 Å². The maximum atomic E-state index is 12.2. The van der Waals surface area contributed by atoms with E-state index < -0.39 is 0 Å². The first-order valence-corrected chi connectivity index (χ1v) is 8.80. The van der Waals surface area contributed by atoms with Crippen molar-refractivity contribution in [2.24, 2.45) is 0 Å². The third-order valence-electron chi connectivity index (χ3n) is 3.97. The molecule has 4 nitrogen and oxygen atoms in total. The van der Waals surface area contributed by atoms with Crippen LogP contribution in [0.5, 0.6) is 0 Å². The lowest BCUT2D eigenvalue weighted by Crippen LogP contribution is -2.13. The van der Waals surface area contributed by atoms with Gasteiger partial charge in [-0.05, 0) is 55.3 Å². The second-order valence-electron chi connectivity index (χ2n) is 6.06. The summed E-state index contributed by atoms with van der Waals surface area (Å²) in [7, 11) is 0. The monoisotopic (exact) mass is 365 g/mol. The second-order valence-corrected chi connectivity index (χ2v) is 6.49. The topological polar surface area (TPSA) is 54.0 Å². The predicted molar refractivity (Wildman–Crippen MR) is 107 cm³/mol. The van der Waals surface area contributed by atoms with Crippen molar-refractivity contribution < 1.29 is 4.79 Å². The van der Waals surface area contributed by atoms with Crippen molar-refractivity contribution in [3.8, 4) is 0 Å². The number of amides is 1. The Morgan fingerprint density at radius 1 is 1.00 bits per heavy atom. The molecule has 0 aliphatic carbocycles. The molecule has 1 aromatic heterocycles. The Kier molecular flexibility index (Phi) is 5.87. The minimum atomic E-state index is -0.166. The summed E-state index contributed by atoms with van der Waals surface area (Å²) in [6, 6.07) is 18.9. The molecule has 0 atom stereocenters. The average Bonchev–Trinajstić information content (AvgIpc) is 2.65. The Labute approximate surface area is 158 Å². The van der Waals surface area contributed by atoms with Crippen LogP contribution in [-0.2, 0) is 6.42 Å². The Hall–Kier alpha value is -2.85. The molecule has 3 aromatic rings. The highest BCUT2D eigenvalue weighted by Gasteiger charge is 2.06. The lowest BCUT2D eigenvalue weighted by molar-refractivity contribution is 0.102. The summed E-state index contributed by atoms with van der Waals surface area (Å²) < 4.78 is 0. The van der Waals surface area contributed by atoms with Gasteiger partial charge in [0.05, 0.1) is 11.9 Å². The molecule has 0 unspecified atom stereocenters. The van der Waals surface area contributed by atoms with Gasteiger partial charge in [0.25, 0.3) is 5.91 Å². The van der Waals surface area contributed by atoms with Crippen molar-refractivity contribution in [3.63, 3.8) is 0 Å². The van der Waals surface area contributed by atoms with Gasteiger partial charge in [-0.1, -0.05) is 41.4 Å². The number of hydrogen-bond donors (Lipinski definition) is 2. The zero-order chi connectivity index (χ0) is 18.4. The van der Waals surface area contributed by atoms with Gasteiger partial charge in [-0.3, -0.25) is 4.79 Å². The van der Waals surface area contributed by atoms with E-state index in [-0.39, 0.29) is 5.91 Å². The van der Waals surface area contributed by atoms with Crippen LogP contribution < -0.4 is 10.6 Å². The van der Waals surface area contributed by atoms with Crippen molar-refractivity contribution in [1.82, 2.24) is 4.98 Å². The van der Waals surface area contributed by atoms with Crippen LogP contribution in [0, 0.1) is 6.92 Å². The highest BCUT2D eigenvalue weighted by atomic mass is 35.5. The Morgan fingerprint density at radius 3 is 2.38 bits per heavy atom. The zero-order valence-electron chi connectivity index (χ0n) is 14.5. The van der Waals surface area contributed by atoms with Gasteiger partial charge in [0.1, 0.15) is 5.82 Å². The normalized spacial score (nSPS) is 10.4. The molecule has 0 fully saturated rings. The number of hydrogen-bond acceptors (Lipinski definition) is 3. The maximum Gasteiger partial charge on any atom is 0.256 e. The summed E-state index contributed by atoms with van der Waals surface area (Å²) >= 11 is 5.88. The molecule has 0 saturated heterocycles. The van der Waals surface area contributed by atoms with E-state index in [1.165, 1.54) is 5.56 Å². The number of aryl methyl sites for hydroxylation is 1. The van der Waals surface area contributed by atoms with E-state index in [0.717, 1.165) is 29.2 Å². The van der Waals surface area contributed by atoms with Gasteiger partial charge in [-0.25, -0.2) is 4.98 Å². The number of aromatic nitrogens is 1. The van der Waals surface area contributed by atoms with Crippen molar-refractivity contribution in [2.75, 3.05) is 17.2 Å². The van der Waals surface area contributed by atoms with E-state index >= 15 is 0 Å². The van der Waals surface area contributed by atoms with Crippen LogP contribution in [0.2, 0.25) is 5.02 Å². The molecule has 0 radical (unpaired) electrons. The van der Waals surface area contributed by atoms with Crippen molar-refractivity contribution in [2.45, 2.75) is 13.3 Å². The number of pyridine rings is 1. The summed E-state index contributed by atoms with van der Waals surface area (Å²) in [5.41, 5.74) is 3.86. The Bertz CT molecular complexity index is 859. The fraction of sp³-hybridized carbons (Fsp3) is 0.143. The molecule has 26 heavy (non-hydrogen) atoms. The minimum Gasteiger partial charge on any atom is -0.383 e. The lowest BCUT2D eigenvalue weighted by Gasteiger charge is -2.08. The number of nitrogens with zero attached hydrogens (tertiary/aromatic N) is 1. The van der Waals surface area contributed by atoms with Crippen molar-refractivity contribution in [3.05, 3.63) is 88.6 Å². The fourth-order valence-corrected chi connectivity index (χ4v) is 2.59. The zero-order valence-corrected chi connectivity index (χ0v) is 15.3. The number of halogens is 1. The molecule has 1 amide bonds. The number of anilines is 2. The quantitative estimate of drug-likeness (QED) is 0.649. The number of carbonyl (C=O) groups excluding carboxylic acids is 1. The molecule has 132 valence electrons. The van der Waals surface area contributed by atoms with Crippen LogP contribution in [0.25, 0.3) is 0 Å². The first-order chi connectivity index (χ1) is 12.6. The van der Waals surface area contributed by atoms with Crippen LogP contribution >= 0.6 is 11.6 Å². The molecule has 0 bridgehead atoms. The molecule has 0 saturated carbocycles. The predicted octanol–water partition coefficient (Wildman–Crippen LogP) is 4.95. The van der Waals surface area contributed by atoms with Gasteiger partial charge in [-0.15, -0.1) is 0 Å². The van der Waals surface area contributed by atoms with Crippen LogP contribution in [0.1, 0.15) is 21.5 Å². The standard InChI is InChI=1S/C21H20ClN3O/c1-15-2-6-17(7-3-15)21(26)25-20-11-10-19(14-24-20)23-13-12-16-4-8-18(22)9-5-16/h2-11,14,23H,12-13H2,1H3,(H,24,25,26). The molecule has 2 aromatic carbocycles. The number of rotatable bonds is 6. The van der Waals surface area contributed by atoms with Gasteiger partial charge in [-0.2, -0.15) is 0 Å². The largest absolute Gasteiger partial charge is 0.383 e. The third kappa shape index (κ3) is 5.07. The minimum absolute atomic E-state index is 0.166. The summed E-state index contributed by atoms with van der Waals surface area (Å²) in [5.74, 6) is 0.361. The second kappa shape index (κ2) is 8.50. The highest BCUT2D eigenvalue weighted by Crippen LogP contribution is 2.13. The maximum absolute atomic E-state index is 12.2. The summed E-state index contributed by atoms with van der Waals surface area (Å²) in [4.78, 5) is 16.5. The van der Waals surface area contributed by atoms with E-state index in [9.17, 15) is 4.79 Å². The molecule has 0 spiro atoms. The van der Waals surface area contributed by atoms with Crippen molar-refractivity contribution >= 4 is 29.0 Å². The van der Waals surface area contributed by atoms with E-state index in [1.807, 2.05) is 49.4 Å². The number of nitrogens with one attached hydrogen (secondary N) is 2. The van der Waals surface area contributed by atoms with Crippen LogP contribution in [0.4, 0.5) is 11.5 Å². The lowest BCUT2D eigenvalue weighted by atomic mass is 10.1. The SMILES string of the molecule is Cc1ccc(C(=O)Nc2ccc(NCCc3ccc(Cl)cc3)cn2)cc1. The summed E-state index contributed by atoms with van der Waals surface area (Å²) in [6.07, 6.45) is 2.61. The summed E-state index contributed by atoms with van der Waals surface area (Å²) in [6.45, 7) is 2.78. The first-order valence-electron chi connectivity index (χ1n) is 8.42. The number of carbonyl (C=O) groups is 1. The first kappa shape index (κ1) is 18.0. The molecule has 3 rings (SSSR count). The van der Waals surface area contributed by atoms with Gasteiger partial charge < -0.3 is 10.6 Å². The van der Waals surface area contributed by atoms with E-state index in [0.29, 0.717) is 11.4 Å². The molecule has 2 N–H and O–H groups in total.